The van der Waals surface area contributed by atoms with Crippen LogP contribution >= 0.6 is 0 Å². The molecule has 0 aliphatic carbocycles. The Kier molecular flexibility index (Phi) is 6.45. The third-order valence-corrected chi connectivity index (χ3v) is 4.90. The molecule has 10 heteroatoms. The molecule has 27 heavy (non-hydrogen) atoms. The molecule has 3 unspecified atom stereocenters. The minimum atomic E-state index is -1.25. The molecule has 0 radical (unpaired) electrons. The van der Waals surface area contributed by atoms with Crippen molar-refractivity contribution in [3.05, 3.63) is 32.6 Å². The van der Waals surface area contributed by atoms with Crippen molar-refractivity contribution in [2.75, 3.05) is 19.8 Å². The maximum atomic E-state index is 12.7. The first-order valence-corrected chi connectivity index (χ1v) is 9.12. The van der Waals surface area contributed by atoms with Crippen LogP contribution in [0.4, 0.5) is 0 Å². The summed E-state index contributed by atoms with van der Waals surface area (Å²) in [6.07, 6.45) is -0.751. The van der Waals surface area contributed by atoms with Crippen LogP contribution in [0.1, 0.15) is 31.1 Å². The van der Waals surface area contributed by atoms with Gasteiger partial charge in [-0.05, 0) is 26.2 Å². The van der Waals surface area contributed by atoms with Crippen molar-refractivity contribution >= 4 is 0 Å². The molecule has 0 bridgehead atoms. The minimum Gasteiger partial charge on any atom is -0.395 e. The highest BCUT2D eigenvalue weighted by molar-refractivity contribution is 5.05. The first-order chi connectivity index (χ1) is 13.0. The van der Waals surface area contributed by atoms with Crippen molar-refractivity contribution in [2.45, 2.75) is 63.6 Å². The minimum absolute atomic E-state index is 0.165. The summed E-state index contributed by atoms with van der Waals surface area (Å²) in [5, 5.41) is 29.5. The van der Waals surface area contributed by atoms with Crippen molar-refractivity contribution in [3.63, 3.8) is 0 Å². The van der Waals surface area contributed by atoms with E-state index in [1.165, 1.54) is 13.1 Å². The van der Waals surface area contributed by atoms with E-state index in [1.54, 1.807) is 0 Å². The zero-order valence-electron chi connectivity index (χ0n) is 15.2. The fourth-order valence-electron chi connectivity index (χ4n) is 3.50. The van der Waals surface area contributed by atoms with Crippen LogP contribution in [0, 0.1) is 6.92 Å². The number of aryl methyl sites for hydroxylation is 1. The van der Waals surface area contributed by atoms with Gasteiger partial charge in [-0.3, -0.25) is 13.9 Å². The van der Waals surface area contributed by atoms with E-state index < -0.39 is 48.7 Å². The number of aromatic nitrogens is 2. The summed E-state index contributed by atoms with van der Waals surface area (Å²) in [7, 11) is 0. The van der Waals surface area contributed by atoms with Crippen molar-refractivity contribution in [1.29, 1.82) is 0 Å². The van der Waals surface area contributed by atoms with Gasteiger partial charge in [-0.15, -0.1) is 0 Å². The Labute approximate surface area is 155 Å². The SMILES string of the molecule is Cc1cn([C@@H]2O[C@H](CO)C(OC3CCCCO3)C2O)c(=O)n(CCO)c1=O. The highest BCUT2D eigenvalue weighted by Gasteiger charge is 2.47. The average Bonchev–Trinajstić information content (AvgIpc) is 2.98. The zero-order chi connectivity index (χ0) is 19.6. The molecule has 10 nitrogen and oxygen atoms in total. The largest absolute Gasteiger partial charge is 0.395 e. The standard InChI is InChI=1S/C17H26N2O8/c1-10-8-19(17(24)18(5-6-20)15(10)23)16-13(22)14(11(9-21)26-16)27-12-4-2-3-7-25-12/h8,11-14,16,20-22H,2-7,9H2,1H3/t11-,12?,13?,14?,16-/m1/s1. The lowest BCUT2D eigenvalue weighted by Crippen LogP contribution is -2.45. The van der Waals surface area contributed by atoms with Gasteiger partial charge in [-0.1, -0.05) is 0 Å². The highest BCUT2D eigenvalue weighted by Crippen LogP contribution is 2.32. The Morgan fingerprint density at radius 2 is 2.07 bits per heavy atom. The van der Waals surface area contributed by atoms with Crippen molar-refractivity contribution in [1.82, 2.24) is 9.13 Å². The normalized spacial score (nSPS) is 31.3. The molecule has 3 heterocycles. The predicted octanol–water partition coefficient (Wildman–Crippen LogP) is -1.53. The second-order valence-electron chi connectivity index (χ2n) is 6.82. The number of nitrogens with zero attached hydrogens (tertiary/aromatic N) is 2. The van der Waals surface area contributed by atoms with Crippen LogP contribution in [0.5, 0.6) is 0 Å². The number of aliphatic hydroxyl groups is 3. The smallest absolute Gasteiger partial charge is 0.333 e. The van der Waals surface area contributed by atoms with Gasteiger partial charge >= 0.3 is 5.69 Å². The van der Waals surface area contributed by atoms with Gasteiger partial charge in [0.05, 0.1) is 19.8 Å². The second kappa shape index (κ2) is 8.63. The summed E-state index contributed by atoms with van der Waals surface area (Å²) in [4.78, 5) is 24.8. The Morgan fingerprint density at radius 3 is 2.70 bits per heavy atom. The lowest BCUT2D eigenvalue weighted by molar-refractivity contribution is -0.210. The predicted molar refractivity (Wildman–Crippen MR) is 92.3 cm³/mol. The molecule has 0 amide bonds. The number of rotatable bonds is 6. The first-order valence-electron chi connectivity index (χ1n) is 9.12. The highest BCUT2D eigenvalue weighted by atomic mass is 16.7. The molecule has 1 aromatic heterocycles. The number of hydrogen-bond acceptors (Lipinski definition) is 8. The first kappa shape index (κ1) is 20.2. The van der Waals surface area contributed by atoms with E-state index in [9.17, 15) is 19.8 Å². The van der Waals surface area contributed by atoms with E-state index >= 15 is 0 Å². The van der Waals surface area contributed by atoms with E-state index in [2.05, 4.69) is 0 Å². The fourth-order valence-corrected chi connectivity index (χ4v) is 3.50. The molecule has 0 aromatic carbocycles. The maximum absolute atomic E-state index is 12.7. The number of ether oxygens (including phenoxy) is 3. The molecule has 0 saturated carbocycles. The quantitative estimate of drug-likeness (QED) is 0.537. The second-order valence-corrected chi connectivity index (χ2v) is 6.82. The Bertz CT molecular complexity index is 754. The van der Waals surface area contributed by atoms with Gasteiger partial charge in [-0.25, -0.2) is 4.79 Å². The van der Waals surface area contributed by atoms with Gasteiger partial charge < -0.3 is 29.5 Å². The van der Waals surface area contributed by atoms with Crippen LogP contribution in [0.2, 0.25) is 0 Å². The summed E-state index contributed by atoms with van der Waals surface area (Å²) in [5.41, 5.74) is -0.964. The molecule has 1 aromatic rings. The van der Waals surface area contributed by atoms with Gasteiger partial charge in [0.2, 0.25) is 0 Å². The molecular weight excluding hydrogens is 360 g/mol. The van der Waals surface area contributed by atoms with Gasteiger partial charge in [0.15, 0.2) is 12.5 Å². The van der Waals surface area contributed by atoms with Crippen molar-refractivity contribution in [3.8, 4) is 0 Å². The van der Waals surface area contributed by atoms with Crippen LogP contribution in [0.3, 0.4) is 0 Å². The van der Waals surface area contributed by atoms with Gasteiger partial charge in [0, 0.05) is 18.4 Å². The Balaban J connectivity index is 1.89. The summed E-state index contributed by atoms with van der Waals surface area (Å²) in [6.45, 7) is 1.14. The average molecular weight is 386 g/mol. The van der Waals surface area contributed by atoms with E-state index in [4.69, 9.17) is 19.3 Å². The van der Waals surface area contributed by atoms with Crippen LogP contribution in [-0.2, 0) is 20.8 Å². The molecule has 5 atom stereocenters. The number of hydrogen-bond donors (Lipinski definition) is 3. The van der Waals surface area contributed by atoms with Crippen LogP contribution < -0.4 is 11.2 Å². The number of aliphatic hydroxyl groups excluding tert-OH is 3. The van der Waals surface area contributed by atoms with Crippen molar-refractivity contribution in [2.24, 2.45) is 0 Å². The Hall–Kier alpha value is -1.56. The molecule has 2 saturated heterocycles. The van der Waals surface area contributed by atoms with Crippen LogP contribution in [0.15, 0.2) is 15.8 Å². The lowest BCUT2D eigenvalue weighted by Gasteiger charge is -2.28. The van der Waals surface area contributed by atoms with Crippen molar-refractivity contribution < 1.29 is 29.5 Å². The lowest BCUT2D eigenvalue weighted by atomic mass is 10.1. The van der Waals surface area contributed by atoms with Gasteiger partial charge in [0.25, 0.3) is 5.56 Å². The van der Waals surface area contributed by atoms with Crippen LogP contribution in [-0.4, -0.2) is 68.9 Å². The third-order valence-electron chi connectivity index (χ3n) is 4.90. The van der Waals surface area contributed by atoms with E-state index in [1.807, 2.05) is 0 Å². The molecular formula is C17H26N2O8. The van der Waals surface area contributed by atoms with E-state index in [0.29, 0.717) is 13.0 Å². The van der Waals surface area contributed by atoms with Crippen LogP contribution in [0.25, 0.3) is 0 Å². The monoisotopic (exact) mass is 386 g/mol. The van der Waals surface area contributed by atoms with Gasteiger partial charge in [-0.2, -0.15) is 0 Å². The molecule has 2 aliphatic heterocycles. The molecule has 0 spiro atoms. The topological polar surface area (TPSA) is 132 Å². The molecule has 152 valence electrons. The molecule has 3 N–H and O–H groups in total. The van der Waals surface area contributed by atoms with Gasteiger partial charge in [0.1, 0.15) is 18.3 Å². The summed E-state index contributed by atoms with van der Waals surface area (Å²) >= 11 is 0. The summed E-state index contributed by atoms with van der Waals surface area (Å²) in [6, 6.07) is 0. The molecule has 2 aliphatic rings. The molecule has 2 fully saturated rings. The summed E-state index contributed by atoms with van der Waals surface area (Å²) in [5.74, 6) is 0. The molecule has 3 rings (SSSR count). The zero-order valence-corrected chi connectivity index (χ0v) is 15.2. The van der Waals surface area contributed by atoms with E-state index in [0.717, 1.165) is 22.0 Å². The maximum Gasteiger partial charge on any atom is 0.333 e. The summed E-state index contributed by atoms with van der Waals surface area (Å²) < 4.78 is 19.0. The third kappa shape index (κ3) is 4.00. The fraction of sp³-hybridized carbons (Fsp3) is 0.765. The van der Waals surface area contributed by atoms with E-state index in [-0.39, 0.29) is 18.7 Å². The Morgan fingerprint density at radius 1 is 1.30 bits per heavy atom.